The van der Waals surface area contributed by atoms with Crippen molar-refractivity contribution in [2.45, 2.75) is 31.8 Å². The van der Waals surface area contributed by atoms with Crippen LogP contribution in [0.2, 0.25) is 0 Å². The minimum absolute atomic E-state index is 0. The van der Waals surface area contributed by atoms with Crippen molar-refractivity contribution in [3.63, 3.8) is 0 Å². The lowest BCUT2D eigenvalue weighted by molar-refractivity contribution is 0.163. The van der Waals surface area contributed by atoms with Gasteiger partial charge in [0.05, 0.1) is 5.69 Å². The lowest BCUT2D eigenvalue weighted by atomic mass is 9.91. The molecule has 4 nitrogen and oxygen atoms in total. The molecular weight excluding hydrogens is 214 g/mol. The van der Waals surface area contributed by atoms with E-state index in [-0.39, 0.29) is 17.9 Å². The minimum Gasteiger partial charge on any atom is -0.451 e. The standard InChI is InChI=1S/C10H17N3O.ClH/c1-10(11)2-4-13(5-3-10)6-9-7-14-8-12-9;/h7-8H,2-6,11H2,1H3;1H. The lowest BCUT2D eigenvalue weighted by Crippen LogP contribution is -2.47. The highest BCUT2D eigenvalue weighted by atomic mass is 35.5. The fourth-order valence-electron chi connectivity index (χ4n) is 1.77. The molecule has 0 spiro atoms. The van der Waals surface area contributed by atoms with Gasteiger partial charge in [-0.3, -0.25) is 4.90 Å². The molecule has 0 aliphatic carbocycles. The van der Waals surface area contributed by atoms with E-state index in [2.05, 4.69) is 16.8 Å². The van der Waals surface area contributed by atoms with Crippen molar-refractivity contribution < 1.29 is 4.42 Å². The summed E-state index contributed by atoms with van der Waals surface area (Å²) < 4.78 is 4.93. The summed E-state index contributed by atoms with van der Waals surface area (Å²) in [6, 6.07) is 0. The van der Waals surface area contributed by atoms with Crippen LogP contribution in [-0.4, -0.2) is 28.5 Å². The summed E-state index contributed by atoms with van der Waals surface area (Å²) in [6.45, 7) is 5.12. The highest BCUT2D eigenvalue weighted by Crippen LogP contribution is 2.19. The fraction of sp³-hybridized carbons (Fsp3) is 0.700. The van der Waals surface area contributed by atoms with Gasteiger partial charge in [0.2, 0.25) is 0 Å². The van der Waals surface area contributed by atoms with Crippen LogP contribution >= 0.6 is 12.4 Å². The van der Waals surface area contributed by atoms with Gasteiger partial charge in [-0.05, 0) is 19.8 Å². The quantitative estimate of drug-likeness (QED) is 0.836. The zero-order chi connectivity index (χ0) is 10.0. The van der Waals surface area contributed by atoms with E-state index >= 15 is 0 Å². The van der Waals surface area contributed by atoms with Gasteiger partial charge in [-0.25, -0.2) is 4.98 Å². The number of rotatable bonds is 2. The molecule has 1 aromatic rings. The molecule has 1 fully saturated rings. The number of hydrogen-bond donors (Lipinski definition) is 1. The molecule has 0 saturated carbocycles. The number of halogens is 1. The van der Waals surface area contributed by atoms with Crippen molar-refractivity contribution in [1.82, 2.24) is 9.88 Å². The van der Waals surface area contributed by atoms with E-state index in [1.807, 2.05) is 0 Å². The average molecular weight is 232 g/mol. The van der Waals surface area contributed by atoms with Crippen LogP contribution in [0, 0.1) is 0 Å². The minimum atomic E-state index is 0. The van der Waals surface area contributed by atoms with Crippen LogP contribution in [0.25, 0.3) is 0 Å². The van der Waals surface area contributed by atoms with Crippen molar-refractivity contribution in [3.8, 4) is 0 Å². The van der Waals surface area contributed by atoms with E-state index in [1.54, 1.807) is 6.26 Å². The molecule has 15 heavy (non-hydrogen) atoms. The van der Waals surface area contributed by atoms with Crippen LogP contribution in [0.5, 0.6) is 0 Å². The molecule has 2 rings (SSSR count). The second-order valence-corrected chi connectivity index (χ2v) is 4.41. The number of oxazole rings is 1. The Morgan fingerprint density at radius 1 is 1.53 bits per heavy atom. The third-order valence-corrected chi connectivity index (χ3v) is 2.87. The van der Waals surface area contributed by atoms with Crippen LogP contribution in [0.4, 0.5) is 0 Å². The Morgan fingerprint density at radius 2 is 2.20 bits per heavy atom. The molecule has 5 heteroatoms. The number of hydrogen-bond acceptors (Lipinski definition) is 4. The van der Waals surface area contributed by atoms with E-state index in [0.29, 0.717) is 0 Å². The number of likely N-dealkylation sites (tertiary alicyclic amines) is 1. The second-order valence-electron chi connectivity index (χ2n) is 4.41. The van der Waals surface area contributed by atoms with Crippen LogP contribution in [0.3, 0.4) is 0 Å². The Balaban J connectivity index is 0.00000112. The predicted octanol–water partition coefficient (Wildman–Crippen LogP) is 1.41. The first-order chi connectivity index (χ1) is 6.66. The highest BCUT2D eigenvalue weighted by Gasteiger charge is 2.25. The molecule has 86 valence electrons. The molecule has 0 bridgehead atoms. The summed E-state index contributed by atoms with van der Waals surface area (Å²) in [6.07, 6.45) is 5.30. The predicted molar refractivity (Wildman–Crippen MR) is 60.9 cm³/mol. The van der Waals surface area contributed by atoms with Crippen LogP contribution in [0.15, 0.2) is 17.1 Å². The Labute approximate surface area is 96.2 Å². The SMILES string of the molecule is CC1(N)CCN(Cc2cocn2)CC1.Cl. The summed E-state index contributed by atoms with van der Waals surface area (Å²) in [7, 11) is 0. The molecule has 2 N–H and O–H groups in total. The Bertz CT molecular complexity index is 277. The maximum Gasteiger partial charge on any atom is 0.180 e. The molecule has 0 aromatic carbocycles. The molecule has 0 unspecified atom stereocenters. The summed E-state index contributed by atoms with van der Waals surface area (Å²) in [4.78, 5) is 6.47. The maximum atomic E-state index is 6.05. The smallest absolute Gasteiger partial charge is 0.180 e. The summed E-state index contributed by atoms with van der Waals surface area (Å²) in [5.74, 6) is 0. The van der Waals surface area contributed by atoms with Gasteiger partial charge in [0.25, 0.3) is 0 Å². The van der Waals surface area contributed by atoms with Crippen molar-refractivity contribution >= 4 is 12.4 Å². The monoisotopic (exact) mass is 231 g/mol. The maximum absolute atomic E-state index is 6.05. The first-order valence-corrected chi connectivity index (χ1v) is 5.04. The Morgan fingerprint density at radius 3 is 2.73 bits per heavy atom. The third kappa shape index (κ3) is 3.48. The van der Waals surface area contributed by atoms with Gasteiger partial charge < -0.3 is 10.2 Å². The number of piperidine rings is 1. The van der Waals surface area contributed by atoms with Gasteiger partial charge in [-0.15, -0.1) is 12.4 Å². The first kappa shape index (κ1) is 12.5. The lowest BCUT2D eigenvalue weighted by Gasteiger charge is -2.36. The zero-order valence-electron chi connectivity index (χ0n) is 8.98. The van der Waals surface area contributed by atoms with Gasteiger partial charge in [0.1, 0.15) is 6.26 Å². The fourth-order valence-corrected chi connectivity index (χ4v) is 1.77. The number of nitrogens with two attached hydrogens (primary N) is 1. The van der Waals surface area contributed by atoms with E-state index in [1.165, 1.54) is 6.39 Å². The molecule has 1 saturated heterocycles. The van der Waals surface area contributed by atoms with E-state index in [4.69, 9.17) is 10.2 Å². The van der Waals surface area contributed by atoms with Crippen LogP contribution in [0.1, 0.15) is 25.5 Å². The van der Waals surface area contributed by atoms with Crippen molar-refractivity contribution in [1.29, 1.82) is 0 Å². The van der Waals surface area contributed by atoms with Crippen LogP contribution in [-0.2, 0) is 6.54 Å². The summed E-state index contributed by atoms with van der Waals surface area (Å²) in [5, 5.41) is 0. The Hall–Kier alpha value is -0.580. The summed E-state index contributed by atoms with van der Waals surface area (Å²) in [5.41, 5.74) is 7.09. The van der Waals surface area contributed by atoms with Crippen molar-refractivity contribution in [2.75, 3.05) is 13.1 Å². The highest BCUT2D eigenvalue weighted by molar-refractivity contribution is 5.85. The van der Waals surface area contributed by atoms with Gasteiger partial charge in [0.15, 0.2) is 6.39 Å². The Kier molecular flexibility index (Phi) is 4.13. The molecular formula is C10H18ClN3O. The van der Waals surface area contributed by atoms with Crippen molar-refractivity contribution in [3.05, 3.63) is 18.4 Å². The molecule has 1 aliphatic heterocycles. The topological polar surface area (TPSA) is 55.3 Å². The third-order valence-electron chi connectivity index (χ3n) is 2.87. The first-order valence-electron chi connectivity index (χ1n) is 5.04. The van der Waals surface area contributed by atoms with Gasteiger partial charge >= 0.3 is 0 Å². The van der Waals surface area contributed by atoms with Gasteiger partial charge in [0, 0.05) is 25.2 Å². The molecule has 0 atom stereocenters. The second kappa shape index (κ2) is 4.96. The average Bonchev–Trinajstić information content (AvgIpc) is 2.61. The molecule has 0 amide bonds. The normalized spacial score (nSPS) is 20.9. The zero-order valence-corrected chi connectivity index (χ0v) is 9.80. The number of aromatic nitrogens is 1. The number of nitrogens with zero attached hydrogens (tertiary/aromatic N) is 2. The molecule has 1 aliphatic rings. The molecule has 1 aromatic heterocycles. The molecule has 0 radical (unpaired) electrons. The van der Waals surface area contributed by atoms with E-state index < -0.39 is 0 Å². The van der Waals surface area contributed by atoms with Gasteiger partial charge in [-0.1, -0.05) is 0 Å². The van der Waals surface area contributed by atoms with Crippen LogP contribution < -0.4 is 5.73 Å². The van der Waals surface area contributed by atoms with E-state index in [9.17, 15) is 0 Å². The van der Waals surface area contributed by atoms with E-state index in [0.717, 1.165) is 38.2 Å². The molecule has 2 heterocycles. The largest absolute Gasteiger partial charge is 0.451 e. The van der Waals surface area contributed by atoms with Crippen molar-refractivity contribution in [2.24, 2.45) is 5.73 Å². The summed E-state index contributed by atoms with van der Waals surface area (Å²) >= 11 is 0. The van der Waals surface area contributed by atoms with Gasteiger partial charge in [-0.2, -0.15) is 0 Å².